The molecule has 0 bridgehead atoms. The number of hydrogen-bond acceptors (Lipinski definition) is 4. The maximum atomic E-state index is 5.61. The van der Waals surface area contributed by atoms with Crippen molar-refractivity contribution in [2.75, 3.05) is 13.2 Å². The molecule has 0 aromatic carbocycles. The van der Waals surface area contributed by atoms with Gasteiger partial charge in [-0.15, -0.1) is 0 Å². The Morgan fingerprint density at radius 2 is 2.07 bits per heavy atom. The molecule has 2 N–H and O–H groups in total. The van der Waals surface area contributed by atoms with Gasteiger partial charge >= 0.3 is 0 Å². The fourth-order valence-electron chi connectivity index (χ4n) is 4.33. The predicted molar refractivity (Wildman–Crippen MR) is 104 cm³/mol. The van der Waals surface area contributed by atoms with E-state index in [4.69, 9.17) is 9.72 Å². The van der Waals surface area contributed by atoms with Crippen molar-refractivity contribution in [2.24, 2.45) is 0 Å². The Balaban J connectivity index is 1.62. The summed E-state index contributed by atoms with van der Waals surface area (Å²) in [6.07, 6.45) is 7.72. The number of rotatable bonds is 4. The van der Waals surface area contributed by atoms with Crippen LogP contribution in [-0.4, -0.2) is 42.9 Å². The summed E-state index contributed by atoms with van der Waals surface area (Å²) < 4.78 is 8.07. The number of nitrogens with zero attached hydrogens (tertiary/aromatic N) is 4. The first-order chi connectivity index (χ1) is 13.2. The third-order valence-electron chi connectivity index (χ3n) is 5.74. The molecule has 140 valence electrons. The Bertz CT molecular complexity index is 1080. The van der Waals surface area contributed by atoms with Crippen molar-refractivity contribution in [3.05, 3.63) is 41.2 Å². The van der Waals surface area contributed by atoms with Gasteiger partial charge in [-0.25, -0.2) is 9.97 Å². The molecule has 0 amide bonds. The van der Waals surface area contributed by atoms with Gasteiger partial charge in [0.05, 0.1) is 17.4 Å². The standard InChI is InChI=1S/C20H24N6O/c1-12-15(13(2)25-24-12)3-4-18-23-17-11-22-20-16(5-8-21-20)19(17)26(18)14-6-9-27-10-7-14/h5,8,11,14H,3-4,6-7,9-10H2,1-2H3,(H,21,22)(H,24,25). The average Bonchev–Trinajstić information content (AvgIpc) is 3.38. The Labute approximate surface area is 157 Å². The van der Waals surface area contributed by atoms with E-state index in [1.165, 1.54) is 11.1 Å². The van der Waals surface area contributed by atoms with Gasteiger partial charge in [0, 0.05) is 43.0 Å². The van der Waals surface area contributed by atoms with E-state index in [1.807, 2.05) is 12.4 Å². The number of H-pyrrole nitrogens is 2. The van der Waals surface area contributed by atoms with E-state index in [9.17, 15) is 0 Å². The third kappa shape index (κ3) is 2.73. The van der Waals surface area contributed by atoms with E-state index in [2.05, 4.69) is 44.6 Å². The number of imidazole rings is 1. The Morgan fingerprint density at radius 1 is 1.22 bits per heavy atom. The summed E-state index contributed by atoms with van der Waals surface area (Å²) in [6, 6.07) is 2.53. The van der Waals surface area contributed by atoms with Crippen LogP contribution < -0.4 is 0 Å². The quantitative estimate of drug-likeness (QED) is 0.581. The molecule has 0 atom stereocenters. The lowest BCUT2D eigenvalue weighted by Gasteiger charge is -2.26. The lowest BCUT2D eigenvalue weighted by molar-refractivity contribution is 0.0699. The molecule has 0 radical (unpaired) electrons. The molecular weight excluding hydrogens is 340 g/mol. The van der Waals surface area contributed by atoms with Crippen LogP contribution in [0.2, 0.25) is 0 Å². The number of aryl methyl sites for hydroxylation is 3. The molecule has 0 unspecified atom stereocenters. The van der Waals surface area contributed by atoms with E-state index in [0.717, 1.165) is 72.7 Å². The van der Waals surface area contributed by atoms with Gasteiger partial charge in [-0.3, -0.25) is 5.10 Å². The molecule has 7 heteroatoms. The summed E-state index contributed by atoms with van der Waals surface area (Å²) in [5.41, 5.74) is 6.62. The van der Waals surface area contributed by atoms with Gasteiger partial charge in [-0.2, -0.15) is 5.10 Å². The van der Waals surface area contributed by atoms with Gasteiger partial charge in [0.1, 0.15) is 17.0 Å². The molecule has 0 saturated carbocycles. The maximum Gasteiger partial charge on any atom is 0.139 e. The number of aromatic nitrogens is 6. The minimum atomic E-state index is 0.422. The zero-order valence-electron chi connectivity index (χ0n) is 15.7. The minimum absolute atomic E-state index is 0.422. The van der Waals surface area contributed by atoms with E-state index < -0.39 is 0 Å². The highest BCUT2D eigenvalue weighted by molar-refractivity contribution is 6.01. The van der Waals surface area contributed by atoms with Crippen molar-refractivity contribution in [3.63, 3.8) is 0 Å². The van der Waals surface area contributed by atoms with E-state index in [1.54, 1.807) is 0 Å². The van der Waals surface area contributed by atoms with Crippen molar-refractivity contribution in [3.8, 4) is 0 Å². The SMILES string of the molecule is Cc1n[nH]c(C)c1CCc1nc2cnc3[nH]ccc3c2n1C1CCOCC1. The van der Waals surface area contributed by atoms with Gasteiger partial charge in [0.2, 0.25) is 0 Å². The van der Waals surface area contributed by atoms with Crippen LogP contribution in [0.1, 0.15) is 41.7 Å². The van der Waals surface area contributed by atoms with Crippen LogP contribution in [0.3, 0.4) is 0 Å². The van der Waals surface area contributed by atoms with E-state index in [-0.39, 0.29) is 0 Å². The molecular formula is C20H24N6O. The summed E-state index contributed by atoms with van der Waals surface area (Å²) in [7, 11) is 0. The van der Waals surface area contributed by atoms with Gasteiger partial charge in [-0.1, -0.05) is 0 Å². The maximum absolute atomic E-state index is 5.61. The molecule has 0 aliphatic carbocycles. The van der Waals surface area contributed by atoms with Crippen molar-refractivity contribution in [1.29, 1.82) is 0 Å². The van der Waals surface area contributed by atoms with Gasteiger partial charge in [0.25, 0.3) is 0 Å². The Hall–Kier alpha value is -2.67. The second-order valence-electron chi connectivity index (χ2n) is 7.39. The molecule has 7 nitrogen and oxygen atoms in total. The molecule has 4 aromatic heterocycles. The molecule has 1 aliphatic heterocycles. The molecule has 5 rings (SSSR count). The number of nitrogens with one attached hydrogen (secondary N) is 2. The van der Waals surface area contributed by atoms with Crippen LogP contribution in [0.5, 0.6) is 0 Å². The monoisotopic (exact) mass is 364 g/mol. The fraction of sp³-hybridized carbons (Fsp3) is 0.450. The van der Waals surface area contributed by atoms with Crippen LogP contribution in [0.15, 0.2) is 18.5 Å². The summed E-state index contributed by atoms with van der Waals surface area (Å²) in [5.74, 6) is 1.13. The van der Waals surface area contributed by atoms with Crippen LogP contribution in [0, 0.1) is 13.8 Å². The third-order valence-corrected chi connectivity index (χ3v) is 5.74. The molecule has 1 fully saturated rings. The summed E-state index contributed by atoms with van der Waals surface area (Å²) in [4.78, 5) is 12.8. The van der Waals surface area contributed by atoms with Crippen molar-refractivity contribution in [2.45, 2.75) is 45.6 Å². The van der Waals surface area contributed by atoms with Crippen LogP contribution in [0.25, 0.3) is 22.1 Å². The number of pyridine rings is 1. The summed E-state index contributed by atoms with van der Waals surface area (Å²) in [5, 5.41) is 8.57. The number of fused-ring (bicyclic) bond motifs is 3. The normalized spacial score (nSPS) is 15.9. The second-order valence-corrected chi connectivity index (χ2v) is 7.39. The first kappa shape index (κ1) is 16.5. The largest absolute Gasteiger partial charge is 0.381 e. The molecule has 1 saturated heterocycles. The van der Waals surface area contributed by atoms with Crippen LogP contribution in [0.4, 0.5) is 0 Å². The highest BCUT2D eigenvalue weighted by Gasteiger charge is 2.24. The molecule has 1 aliphatic rings. The van der Waals surface area contributed by atoms with E-state index in [0.29, 0.717) is 6.04 Å². The smallest absolute Gasteiger partial charge is 0.139 e. The molecule has 4 aromatic rings. The first-order valence-corrected chi connectivity index (χ1v) is 9.63. The summed E-state index contributed by atoms with van der Waals surface area (Å²) >= 11 is 0. The summed E-state index contributed by atoms with van der Waals surface area (Å²) in [6.45, 7) is 5.77. The number of aromatic amines is 2. The van der Waals surface area contributed by atoms with Gasteiger partial charge in [0.15, 0.2) is 0 Å². The van der Waals surface area contributed by atoms with Gasteiger partial charge in [-0.05, 0) is 44.7 Å². The van der Waals surface area contributed by atoms with Crippen molar-refractivity contribution >= 4 is 22.1 Å². The number of hydrogen-bond donors (Lipinski definition) is 2. The zero-order valence-corrected chi connectivity index (χ0v) is 15.7. The predicted octanol–water partition coefficient (Wildman–Crippen LogP) is 3.39. The Morgan fingerprint density at radius 3 is 2.85 bits per heavy atom. The van der Waals surface area contributed by atoms with Crippen LogP contribution in [-0.2, 0) is 17.6 Å². The highest BCUT2D eigenvalue weighted by Crippen LogP contribution is 2.32. The van der Waals surface area contributed by atoms with Crippen molar-refractivity contribution in [1.82, 2.24) is 29.7 Å². The highest BCUT2D eigenvalue weighted by atomic mass is 16.5. The molecule has 5 heterocycles. The lowest BCUT2D eigenvalue weighted by atomic mass is 10.1. The average molecular weight is 364 g/mol. The molecule has 0 spiro atoms. The fourth-order valence-corrected chi connectivity index (χ4v) is 4.33. The van der Waals surface area contributed by atoms with Gasteiger partial charge < -0.3 is 14.3 Å². The number of ether oxygens (including phenoxy) is 1. The van der Waals surface area contributed by atoms with Crippen molar-refractivity contribution < 1.29 is 4.74 Å². The topological polar surface area (TPSA) is 84.4 Å². The van der Waals surface area contributed by atoms with E-state index >= 15 is 0 Å². The van der Waals surface area contributed by atoms with Crippen LogP contribution >= 0.6 is 0 Å². The first-order valence-electron chi connectivity index (χ1n) is 9.63. The zero-order chi connectivity index (χ0) is 18.4. The molecule has 27 heavy (non-hydrogen) atoms. The second kappa shape index (κ2) is 6.49. The minimum Gasteiger partial charge on any atom is -0.381 e. The lowest BCUT2D eigenvalue weighted by Crippen LogP contribution is -2.21. The Kier molecular flexibility index (Phi) is 3.97.